The Morgan fingerprint density at radius 1 is 1.10 bits per heavy atom. The second kappa shape index (κ2) is 8.28. The van der Waals surface area contributed by atoms with Crippen LogP contribution in [0.2, 0.25) is 0 Å². The van der Waals surface area contributed by atoms with Crippen molar-refractivity contribution in [1.82, 2.24) is 14.4 Å². The summed E-state index contributed by atoms with van der Waals surface area (Å²) in [4.78, 5) is 4.73. The van der Waals surface area contributed by atoms with Crippen LogP contribution < -0.4 is 0 Å². The Morgan fingerprint density at radius 2 is 1.80 bits per heavy atom. The quantitative estimate of drug-likeness (QED) is 0.594. The number of rotatable bonds is 5. The van der Waals surface area contributed by atoms with Crippen LogP contribution in [0, 0.1) is 5.82 Å². The highest BCUT2D eigenvalue weighted by molar-refractivity contribution is 7.89. The number of nitrogens with zero attached hydrogens (tertiary/aromatic N) is 3. The van der Waals surface area contributed by atoms with Gasteiger partial charge in [0.05, 0.1) is 10.8 Å². The lowest BCUT2D eigenvalue weighted by molar-refractivity contribution is 0.265. The summed E-state index contributed by atoms with van der Waals surface area (Å²) in [5.41, 5.74) is 1.75. The molecule has 1 aliphatic heterocycles. The molecule has 0 spiro atoms. The van der Waals surface area contributed by atoms with E-state index < -0.39 is 10.0 Å². The molecule has 2 aromatic carbocycles. The third-order valence-corrected chi connectivity index (χ3v) is 7.34. The summed E-state index contributed by atoms with van der Waals surface area (Å²) in [5, 5.41) is 3.99. The number of halogens is 1. The zero-order valence-electron chi connectivity index (χ0n) is 17.0. The molecule has 0 bridgehead atoms. The normalized spacial score (nSPS) is 18.1. The molecule has 0 saturated carbocycles. The van der Waals surface area contributed by atoms with Gasteiger partial charge in [0, 0.05) is 18.7 Å². The van der Waals surface area contributed by atoms with Crippen molar-refractivity contribution in [3.05, 3.63) is 65.8 Å². The third kappa shape index (κ3) is 4.15. The molecular formula is C22H24FN3O3S. The smallest absolute Gasteiger partial charge is 0.243 e. The molecule has 0 N–H and O–H groups in total. The third-order valence-electron chi connectivity index (χ3n) is 5.46. The van der Waals surface area contributed by atoms with Gasteiger partial charge in [0.25, 0.3) is 0 Å². The second-order valence-corrected chi connectivity index (χ2v) is 9.83. The average Bonchev–Trinajstić information content (AvgIpc) is 3.25. The lowest BCUT2D eigenvalue weighted by atomic mass is 10.00. The molecule has 4 rings (SSSR count). The Labute approximate surface area is 175 Å². The van der Waals surface area contributed by atoms with E-state index in [-0.39, 0.29) is 11.7 Å². The summed E-state index contributed by atoms with van der Waals surface area (Å²) >= 11 is 0. The van der Waals surface area contributed by atoms with Gasteiger partial charge < -0.3 is 4.52 Å². The van der Waals surface area contributed by atoms with Crippen LogP contribution >= 0.6 is 0 Å². The van der Waals surface area contributed by atoms with E-state index in [1.54, 1.807) is 24.3 Å². The molecular weight excluding hydrogens is 405 g/mol. The lowest BCUT2D eigenvalue weighted by Crippen LogP contribution is -2.39. The molecule has 0 amide bonds. The first-order valence-corrected chi connectivity index (χ1v) is 11.5. The molecule has 30 heavy (non-hydrogen) atoms. The molecule has 1 aliphatic rings. The van der Waals surface area contributed by atoms with E-state index in [4.69, 9.17) is 4.52 Å². The van der Waals surface area contributed by atoms with Crippen molar-refractivity contribution < 1.29 is 17.3 Å². The zero-order chi connectivity index (χ0) is 21.3. The van der Waals surface area contributed by atoms with E-state index in [1.165, 1.54) is 16.4 Å². The Bertz CT molecular complexity index is 1110. The van der Waals surface area contributed by atoms with Gasteiger partial charge >= 0.3 is 0 Å². The van der Waals surface area contributed by atoms with Gasteiger partial charge in [0.1, 0.15) is 5.82 Å². The molecule has 158 valence electrons. The van der Waals surface area contributed by atoms with Crippen LogP contribution in [0.1, 0.15) is 50.0 Å². The molecule has 1 atom stereocenters. The summed E-state index contributed by atoms with van der Waals surface area (Å²) in [6.07, 6.45) is 1.48. The van der Waals surface area contributed by atoms with Crippen LogP contribution in [-0.2, 0) is 10.0 Å². The maximum absolute atomic E-state index is 13.1. The van der Waals surface area contributed by atoms with Crippen LogP contribution in [0.3, 0.4) is 0 Å². The van der Waals surface area contributed by atoms with E-state index in [0.29, 0.717) is 47.6 Å². The predicted molar refractivity (Wildman–Crippen MR) is 111 cm³/mol. The minimum absolute atomic E-state index is 0.176. The van der Waals surface area contributed by atoms with Crippen LogP contribution in [0.4, 0.5) is 4.39 Å². The number of sulfonamides is 1. The first-order chi connectivity index (χ1) is 14.3. The minimum Gasteiger partial charge on any atom is -0.339 e. The highest BCUT2D eigenvalue weighted by atomic mass is 32.2. The van der Waals surface area contributed by atoms with Gasteiger partial charge in [-0.1, -0.05) is 31.1 Å². The van der Waals surface area contributed by atoms with Crippen LogP contribution in [0.15, 0.2) is 57.9 Å². The lowest BCUT2D eigenvalue weighted by Gasteiger charge is -2.30. The minimum atomic E-state index is -3.59. The summed E-state index contributed by atoms with van der Waals surface area (Å²) in [6, 6.07) is 12.9. The molecule has 1 saturated heterocycles. The zero-order valence-corrected chi connectivity index (χ0v) is 17.8. The molecule has 2 heterocycles. The number of hydrogen-bond acceptors (Lipinski definition) is 5. The van der Waals surface area contributed by atoms with Gasteiger partial charge in [-0.15, -0.1) is 0 Å². The SMILES string of the molecule is CC(C)c1ccc(S(=O)(=O)N2CCC[C@H](c3nc(-c4ccc(F)cc4)no3)C2)cc1. The van der Waals surface area contributed by atoms with Crippen LogP contribution in [0.25, 0.3) is 11.4 Å². The maximum Gasteiger partial charge on any atom is 0.243 e. The van der Waals surface area contributed by atoms with Crippen molar-refractivity contribution in [3.8, 4) is 11.4 Å². The number of benzene rings is 2. The Morgan fingerprint density at radius 3 is 2.47 bits per heavy atom. The predicted octanol–water partition coefficient (Wildman–Crippen LogP) is 4.57. The first kappa shape index (κ1) is 20.7. The molecule has 0 aliphatic carbocycles. The highest BCUT2D eigenvalue weighted by Crippen LogP contribution is 2.31. The Kier molecular flexibility index (Phi) is 5.71. The summed E-state index contributed by atoms with van der Waals surface area (Å²) in [6.45, 7) is 4.90. The van der Waals surface area contributed by atoms with Crippen molar-refractivity contribution in [2.45, 2.75) is 43.4 Å². The van der Waals surface area contributed by atoms with Crippen molar-refractivity contribution >= 4 is 10.0 Å². The summed E-state index contributed by atoms with van der Waals surface area (Å²) < 4.78 is 46.3. The first-order valence-electron chi connectivity index (χ1n) is 10.0. The summed E-state index contributed by atoms with van der Waals surface area (Å²) in [5.74, 6) is 0.606. The maximum atomic E-state index is 13.1. The van der Waals surface area contributed by atoms with E-state index in [0.717, 1.165) is 12.0 Å². The molecule has 0 radical (unpaired) electrons. The van der Waals surface area contributed by atoms with Gasteiger partial charge in [-0.2, -0.15) is 9.29 Å². The fraction of sp³-hybridized carbons (Fsp3) is 0.364. The van der Waals surface area contributed by atoms with Gasteiger partial charge in [-0.25, -0.2) is 12.8 Å². The van der Waals surface area contributed by atoms with Gasteiger partial charge in [0.15, 0.2) is 0 Å². The van der Waals surface area contributed by atoms with Gasteiger partial charge in [-0.05, 0) is 60.7 Å². The second-order valence-electron chi connectivity index (χ2n) is 7.89. The standard InChI is InChI=1S/C22H24FN3O3S/c1-15(2)16-7-11-20(12-8-16)30(27,28)26-13-3-4-18(14-26)22-24-21(25-29-22)17-5-9-19(23)10-6-17/h5-12,15,18H,3-4,13-14H2,1-2H3/t18-/m0/s1. The topological polar surface area (TPSA) is 76.3 Å². The molecule has 1 fully saturated rings. The number of hydrogen-bond donors (Lipinski definition) is 0. The van der Waals surface area contributed by atoms with Crippen molar-refractivity contribution in [2.75, 3.05) is 13.1 Å². The van der Waals surface area contributed by atoms with E-state index in [2.05, 4.69) is 24.0 Å². The Balaban J connectivity index is 1.52. The largest absolute Gasteiger partial charge is 0.339 e. The van der Waals surface area contributed by atoms with E-state index >= 15 is 0 Å². The van der Waals surface area contributed by atoms with Crippen LogP contribution in [-0.4, -0.2) is 36.0 Å². The fourth-order valence-electron chi connectivity index (χ4n) is 3.65. The molecule has 6 nitrogen and oxygen atoms in total. The Hall–Kier alpha value is -2.58. The van der Waals surface area contributed by atoms with Crippen molar-refractivity contribution in [2.24, 2.45) is 0 Å². The van der Waals surface area contributed by atoms with Crippen molar-refractivity contribution in [3.63, 3.8) is 0 Å². The molecule has 3 aromatic rings. The molecule has 1 aromatic heterocycles. The summed E-state index contributed by atoms with van der Waals surface area (Å²) in [7, 11) is -3.59. The monoisotopic (exact) mass is 429 g/mol. The number of piperidine rings is 1. The van der Waals surface area contributed by atoms with Gasteiger partial charge in [0.2, 0.25) is 21.7 Å². The van der Waals surface area contributed by atoms with E-state index in [1.807, 2.05) is 12.1 Å². The fourth-order valence-corrected chi connectivity index (χ4v) is 5.18. The van der Waals surface area contributed by atoms with Crippen molar-refractivity contribution in [1.29, 1.82) is 0 Å². The van der Waals surface area contributed by atoms with E-state index in [9.17, 15) is 12.8 Å². The van der Waals surface area contributed by atoms with Crippen LogP contribution in [0.5, 0.6) is 0 Å². The van der Waals surface area contributed by atoms with Gasteiger partial charge in [-0.3, -0.25) is 0 Å². The average molecular weight is 430 g/mol. The highest BCUT2D eigenvalue weighted by Gasteiger charge is 2.33. The number of aromatic nitrogens is 2. The molecule has 8 heteroatoms. The molecule has 0 unspecified atom stereocenters.